The van der Waals surface area contributed by atoms with E-state index in [1.54, 1.807) is 6.07 Å². The van der Waals surface area contributed by atoms with Crippen LogP contribution in [0.3, 0.4) is 0 Å². The second kappa shape index (κ2) is 10.9. The van der Waals surface area contributed by atoms with Crippen LogP contribution in [-0.4, -0.2) is 46.5 Å². The monoisotopic (exact) mass is 574 g/mol. The summed E-state index contributed by atoms with van der Waals surface area (Å²) in [5.41, 5.74) is 5.47. The molecule has 0 spiro atoms. The van der Waals surface area contributed by atoms with Crippen molar-refractivity contribution in [2.24, 2.45) is 0 Å². The molecule has 1 aliphatic heterocycles. The smallest absolute Gasteiger partial charge is 0.253 e. The molecule has 1 fully saturated rings. The largest absolute Gasteiger partial charge is 0.368 e. The van der Waals surface area contributed by atoms with Crippen LogP contribution in [0.1, 0.15) is 15.9 Å². The molecular weight excluding hydrogens is 551 g/mol. The zero-order valence-electron chi connectivity index (χ0n) is 21.0. The summed E-state index contributed by atoms with van der Waals surface area (Å²) in [7, 11) is 0. The number of hydrogen-bond donors (Lipinski definition) is 0. The summed E-state index contributed by atoms with van der Waals surface area (Å²) in [6.07, 6.45) is 0. The first-order chi connectivity index (χ1) is 19.0. The SMILES string of the molecule is O=C(c1ccc(-c2nc3cc(Cl)c(Cl)cc3n2Cc2ccc(Cl)cc2)cc1)N1CCN(c2ccccc2)CC1. The molecule has 0 atom stereocenters. The Morgan fingerprint density at radius 3 is 2.13 bits per heavy atom. The maximum absolute atomic E-state index is 13.3. The fourth-order valence-corrected chi connectivity index (χ4v) is 5.47. The van der Waals surface area contributed by atoms with E-state index in [4.69, 9.17) is 39.8 Å². The first-order valence-electron chi connectivity index (χ1n) is 12.8. The van der Waals surface area contributed by atoms with Crippen LogP contribution >= 0.6 is 34.8 Å². The van der Waals surface area contributed by atoms with E-state index in [9.17, 15) is 4.79 Å². The maximum atomic E-state index is 13.3. The molecule has 5 nitrogen and oxygen atoms in total. The van der Waals surface area contributed by atoms with Crippen molar-refractivity contribution >= 4 is 57.4 Å². The number of fused-ring (bicyclic) bond motifs is 1. The van der Waals surface area contributed by atoms with Crippen molar-refractivity contribution in [3.63, 3.8) is 0 Å². The zero-order chi connectivity index (χ0) is 26.9. The van der Waals surface area contributed by atoms with Crippen LogP contribution in [0.4, 0.5) is 5.69 Å². The highest BCUT2D eigenvalue weighted by Crippen LogP contribution is 2.32. The number of amides is 1. The molecule has 0 bridgehead atoms. The van der Waals surface area contributed by atoms with Crippen molar-refractivity contribution < 1.29 is 4.79 Å². The molecule has 2 heterocycles. The minimum atomic E-state index is 0.0440. The van der Waals surface area contributed by atoms with Gasteiger partial charge in [0.2, 0.25) is 0 Å². The number of benzene rings is 4. The highest BCUT2D eigenvalue weighted by molar-refractivity contribution is 6.42. The number of carbonyl (C=O) groups is 1. The van der Waals surface area contributed by atoms with Gasteiger partial charge in [0.25, 0.3) is 5.91 Å². The molecule has 8 heteroatoms. The molecule has 1 saturated heterocycles. The summed E-state index contributed by atoms with van der Waals surface area (Å²) in [6, 6.07) is 29.4. The summed E-state index contributed by atoms with van der Waals surface area (Å²) in [6.45, 7) is 3.58. The molecule has 39 heavy (non-hydrogen) atoms. The summed E-state index contributed by atoms with van der Waals surface area (Å²) < 4.78 is 2.11. The van der Waals surface area contributed by atoms with Gasteiger partial charge in [-0.15, -0.1) is 0 Å². The summed E-state index contributed by atoms with van der Waals surface area (Å²) in [5.74, 6) is 0.816. The lowest BCUT2D eigenvalue weighted by Gasteiger charge is -2.36. The predicted molar refractivity (Wildman–Crippen MR) is 160 cm³/mol. The van der Waals surface area contributed by atoms with Crippen molar-refractivity contribution in [2.45, 2.75) is 6.54 Å². The zero-order valence-corrected chi connectivity index (χ0v) is 23.3. The molecule has 1 amide bonds. The molecule has 196 valence electrons. The molecule has 6 rings (SSSR count). The minimum absolute atomic E-state index is 0.0440. The molecule has 5 aromatic rings. The topological polar surface area (TPSA) is 41.4 Å². The fourth-order valence-electron chi connectivity index (χ4n) is 5.02. The van der Waals surface area contributed by atoms with Crippen LogP contribution in [0.25, 0.3) is 22.4 Å². The Bertz CT molecular complexity index is 1630. The third kappa shape index (κ3) is 5.35. The molecule has 1 aliphatic rings. The van der Waals surface area contributed by atoms with E-state index in [2.05, 4.69) is 21.6 Å². The Kier molecular flexibility index (Phi) is 7.22. The van der Waals surface area contributed by atoms with E-state index >= 15 is 0 Å². The van der Waals surface area contributed by atoms with Gasteiger partial charge in [-0.25, -0.2) is 4.98 Å². The van der Waals surface area contributed by atoms with Crippen LogP contribution in [-0.2, 0) is 6.54 Å². The molecule has 0 unspecified atom stereocenters. The highest BCUT2D eigenvalue weighted by Gasteiger charge is 2.23. The standard InChI is InChI=1S/C31H25Cl3N4O/c32-24-12-6-21(7-13-24)20-38-29-19-27(34)26(33)18-28(29)35-30(38)22-8-10-23(11-9-22)31(39)37-16-14-36(15-17-37)25-4-2-1-3-5-25/h1-13,18-19H,14-17,20H2. The Hall–Kier alpha value is -3.51. The Balaban J connectivity index is 1.25. The number of hydrogen-bond acceptors (Lipinski definition) is 3. The number of halogens is 3. The van der Waals surface area contributed by atoms with Gasteiger partial charge in [0.05, 0.1) is 21.1 Å². The van der Waals surface area contributed by atoms with Crippen LogP contribution in [0, 0.1) is 0 Å². The molecule has 0 radical (unpaired) electrons. The van der Waals surface area contributed by atoms with E-state index in [1.165, 1.54) is 5.69 Å². The Morgan fingerprint density at radius 2 is 1.44 bits per heavy atom. The molecule has 0 saturated carbocycles. The van der Waals surface area contributed by atoms with Gasteiger partial charge in [0, 0.05) is 54.6 Å². The van der Waals surface area contributed by atoms with E-state index in [1.807, 2.05) is 77.7 Å². The fraction of sp³-hybridized carbons (Fsp3) is 0.161. The molecule has 4 aromatic carbocycles. The number of piperazine rings is 1. The Morgan fingerprint density at radius 1 is 0.769 bits per heavy atom. The van der Waals surface area contributed by atoms with Crippen LogP contribution < -0.4 is 4.90 Å². The van der Waals surface area contributed by atoms with Gasteiger partial charge in [0.1, 0.15) is 5.82 Å². The normalized spacial score (nSPS) is 13.7. The van der Waals surface area contributed by atoms with Gasteiger partial charge in [-0.1, -0.05) is 77.3 Å². The predicted octanol–water partition coefficient (Wildman–Crippen LogP) is 7.67. The van der Waals surface area contributed by atoms with E-state index in [0.717, 1.165) is 41.1 Å². The van der Waals surface area contributed by atoms with Crippen molar-refractivity contribution in [3.8, 4) is 11.4 Å². The number of imidazole rings is 1. The third-order valence-corrected chi connectivity index (χ3v) is 8.10. The summed E-state index contributed by atoms with van der Waals surface area (Å²) in [5, 5.41) is 1.62. The van der Waals surface area contributed by atoms with E-state index < -0.39 is 0 Å². The average Bonchev–Trinajstić information content (AvgIpc) is 3.31. The number of aromatic nitrogens is 2. The van der Waals surface area contributed by atoms with Gasteiger partial charge < -0.3 is 14.4 Å². The lowest BCUT2D eigenvalue weighted by atomic mass is 10.1. The second-order valence-electron chi connectivity index (χ2n) is 9.60. The van der Waals surface area contributed by atoms with Crippen molar-refractivity contribution in [3.05, 3.63) is 117 Å². The second-order valence-corrected chi connectivity index (χ2v) is 10.8. The summed E-state index contributed by atoms with van der Waals surface area (Å²) in [4.78, 5) is 22.4. The minimum Gasteiger partial charge on any atom is -0.368 e. The third-order valence-electron chi connectivity index (χ3n) is 7.12. The Labute approximate surface area is 242 Å². The van der Waals surface area contributed by atoms with Gasteiger partial charge in [0.15, 0.2) is 0 Å². The quantitative estimate of drug-likeness (QED) is 0.216. The van der Waals surface area contributed by atoms with Crippen LogP contribution in [0.2, 0.25) is 15.1 Å². The average molecular weight is 576 g/mol. The molecule has 1 aromatic heterocycles. The maximum Gasteiger partial charge on any atom is 0.253 e. The lowest BCUT2D eigenvalue weighted by Crippen LogP contribution is -2.48. The molecule has 0 N–H and O–H groups in total. The first-order valence-corrected chi connectivity index (χ1v) is 13.9. The van der Waals surface area contributed by atoms with Crippen molar-refractivity contribution in [1.82, 2.24) is 14.5 Å². The van der Waals surface area contributed by atoms with Crippen LogP contribution in [0.15, 0.2) is 91.0 Å². The summed E-state index contributed by atoms with van der Waals surface area (Å²) >= 11 is 18.8. The van der Waals surface area contributed by atoms with E-state index in [-0.39, 0.29) is 5.91 Å². The first kappa shape index (κ1) is 25.8. The van der Waals surface area contributed by atoms with Gasteiger partial charge in [-0.05, 0) is 54.1 Å². The van der Waals surface area contributed by atoms with Gasteiger partial charge in [-0.2, -0.15) is 0 Å². The number of para-hydroxylation sites is 1. The van der Waals surface area contributed by atoms with E-state index in [0.29, 0.717) is 40.3 Å². The molecule has 0 aliphatic carbocycles. The lowest BCUT2D eigenvalue weighted by molar-refractivity contribution is 0.0747. The van der Waals surface area contributed by atoms with Crippen LogP contribution in [0.5, 0.6) is 0 Å². The number of nitrogens with zero attached hydrogens (tertiary/aromatic N) is 4. The van der Waals surface area contributed by atoms with Crippen molar-refractivity contribution in [1.29, 1.82) is 0 Å². The number of rotatable bonds is 5. The molecular formula is C31H25Cl3N4O. The number of carbonyl (C=O) groups excluding carboxylic acids is 1. The van der Waals surface area contributed by atoms with Gasteiger partial charge >= 0.3 is 0 Å². The number of anilines is 1. The van der Waals surface area contributed by atoms with Crippen molar-refractivity contribution in [2.75, 3.05) is 31.1 Å². The highest BCUT2D eigenvalue weighted by atomic mass is 35.5. The van der Waals surface area contributed by atoms with Gasteiger partial charge in [-0.3, -0.25) is 4.79 Å².